The van der Waals surface area contributed by atoms with E-state index in [1.807, 2.05) is 13.8 Å². The average molecular weight is 363 g/mol. The highest BCUT2D eigenvalue weighted by molar-refractivity contribution is 5.82. The summed E-state index contributed by atoms with van der Waals surface area (Å²) in [6, 6.07) is 5.65. The standard InChI is InChI=1S/C20H29NO5/c1-13(22)21-16(17(23)24)11-14-7-9-15(10-8-14)26-18(25)20(5,6)12-19(2,3)4/h7-10,16H,11-12H2,1-6H3,(H,21,22)(H,23,24). The molecule has 0 radical (unpaired) electrons. The molecule has 0 aliphatic carbocycles. The predicted octanol–water partition coefficient (Wildman–Crippen LogP) is 3.19. The molecule has 0 heterocycles. The zero-order valence-electron chi connectivity index (χ0n) is 16.4. The summed E-state index contributed by atoms with van der Waals surface area (Å²) in [6.45, 7) is 11.2. The zero-order chi connectivity index (χ0) is 20.1. The van der Waals surface area contributed by atoms with Crippen LogP contribution in [0.1, 0.15) is 53.5 Å². The molecule has 0 bridgehead atoms. The number of hydrogen-bond donors (Lipinski definition) is 2. The van der Waals surface area contributed by atoms with Crippen LogP contribution in [-0.4, -0.2) is 29.0 Å². The number of esters is 1. The van der Waals surface area contributed by atoms with Crippen LogP contribution in [0, 0.1) is 10.8 Å². The monoisotopic (exact) mass is 363 g/mol. The van der Waals surface area contributed by atoms with Gasteiger partial charge in [0.2, 0.25) is 5.91 Å². The van der Waals surface area contributed by atoms with E-state index in [0.29, 0.717) is 12.2 Å². The van der Waals surface area contributed by atoms with Crippen molar-refractivity contribution in [2.24, 2.45) is 10.8 Å². The molecule has 6 heteroatoms. The first-order valence-electron chi connectivity index (χ1n) is 8.61. The number of carbonyl (C=O) groups excluding carboxylic acids is 2. The molecule has 2 N–H and O–H groups in total. The molecule has 0 aromatic heterocycles. The van der Waals surface area contributed by atoms with Gasteiger partial charge in [-0.1, -0.05) is 32.9 Å². The molecular weight excluding hydrogens is 334 g/mol. The second-order valence-corrected chi connectivity index (χ2v) is 8.45. The smallest absolute Gasteiger partial charge is 0.326 e. The molecular formula is C20H29NO5. The van der Waals surface area contributed by atoms with Crippen LogP contribution in [0.4, 0.5) is 0 Å². The number of aliphatic carboxylic acids is 1. The summed E-state index contributed by atoms with van der Waals surface area (Å²) < 4.78 is 5.47. The second kappa shape index (κ2) is 8.34. The third-order valence-corrected chi connectivity index (χ3v) is 3.77. The number of benzene rings is 1. The number of carbonyl (C=O) groups is 3. The molecule has 26 heavy (non-hydrogen) atoms. The van der Waals surface area contributed by atoms with Crippen molar-refractivity contribution < 1.29 is 24.2 Å². The van der Waals surface area contributed by atoms with E-state index in [9.17, 15) is 14.4 Å². The molecule has 0 aliphatic rings. The van der Waals surface area contributed by atoms with Crippen LogP contribution in [0.2, 0.25) is 0 Å². The van der Waals surface area contributed by atoms with Crippen molar-refractivity contribution in [3.05, 3.63) is 29.8 Å². The van der Waals surface area contributed by atoms with Crippen molar-refractivity contribution in [2.75, 3.05) is 0 Å². The molecule has 1 amide bonds. The van der Waals surface area contributed by atoms with Crippen molar-refractivity contribution in [3.63, 3.8) is 0 Å². The highest BCUT2D eigenvalue weighted by Gasteiger charge is 2.34. The normalized spacial score (nSPS) is 13.0. The summed E-state index contributed by atoms with van der Waals surface area (Å²) in [5.41, 5.74) is 0.110. The minimum absolute atomic E-state index is 0.00192. The maximum atomic E-state index is 12.4. The number of nitrogens with one attached hydrogen (secondary N) is 1. The number of rotatable bonds is 7. The maximum absolute atomic E-state index is 12.4. The fourth-order valence-electron chi connectivity index (χ4n) is 3.02. The van der Waals surface area contributed by atoms with Gasteiger partial charge in [0.25, 0.3) is 0 Å². The molecule has 1 aromatic rings. The van der Waals surface area contributed by atoms with E-state index in [2.05, 4.69) is 26.1 Å². The Balaban J connectivity index is 2.76. The molecule has 0 spiro atoms. The van der Waals surface area contributed by atoms with Gasteiger partial charge in [0, 0.05) is 13.3 Å². The Bertz CT molecular complexity index is 656. The lowest BCUT2D eigenvalue weighted by Gasteiger charge is -2.30. The van der Waals surface area contributed by atoms with Gasteiger partial charge in [-0.3, -0.25) is 9.59 Å². The molecule has 144 valence electrons. The van der Waals surface area contributed by atoms with E-state index < -0.39 is 23.3 Å². The van der Waals surface area contributed by atoms with Crippen LogP contribution in [0.15, 0.2) is 24.3 Å². The highest BCUT2D eigenvalue weighted by Crippen LogP contribution is 2.34. The molecule has 0 saturated heterocycles. The molecule has 1 rings (SSSR count). The van der Waals surface area contributed by atoms with E-state index in [-0.39, 0.29) is 17.8 Å². The minimum Gasteiger partial charge on any atom is -0.480 e. The van der Waals surface area contributed by atoms with Gasteiger partial charge in [-0.25, -0.2) is 4.79 Å². The van der Waals surface area contributed by atoms with E-state index in [1.54, 1.807) is 24.3 Å². The van der Waals surface area contributed by atoms with Gasteiger partial charge >= 0.3 is 11.9 Å². The van der Waals surface area contributed by atoms with Gasteiger partial charge < -0.3 is 15.2 Å². The van der Waals surface area contributed by atoms with E-state index in [4.69, 9.17) is 9.84 Å². The second-order valence-electron chi connectivity index (χ2n) is 8.45. The van der Waals surface area contributed by atoms with Crippen LogP contribution in [0.5, 0.6) is 5.75 Å². The topological polar surface area (TPSA) is 92.7 Å². The fourth-order valence-corrected chi connectivity index (χ4v) is 3.02. The van der Waals surface area contributed by atoms with Crippen molar-refractivity contribution in [1.82, 2.24) is 5.32 Å². The first kappa shape index (κ1) is 21.7. The first-order valence-corrected chi connectivity index (χ1v) is 8.61. The first-order chi connectivity index (χ1) is 11.8. The summed E-state index contributed by atoms with van der Waals surface area (Å²) in [5, 5.41) is 11.5. The summed E-state index contributed by atoms with van der Waals surface area (Å²) in [7, 11) is 0. The Hall–Kier alpha value is -2.37. The summed E-state index contributed by atoms with van der Waals surface area (Å²) in [5.74, 6) is -1.39. The van der Waals surface area contributed by atoms with Gasteiger partial charge in [-0.15, -0.1) is 0 Å². The van der Waals surface area contributed by atoms with Crippen molar-refractivity contribution in [2.45, 2.75) is 60.4 Å². The van der Waals surface area contributed by atoms with Crippen LogP contribution >= 0.6 is 0 Å². The lowest BCUT2D eigenvalue weighted by molar-refractivity contribution is -0.145. The Labute approximate surface area is 154 Å². The van der Waals surface area contributed by atoms with E-state index in [1.165, 1.54) is 6.92 Å². The Morgan fingerprint density at radius 1 is 1.08 bits per heavy atom. The van der Waals surface area contributed by atoms with Gasteiger partial charge in [0.15, 0.2) is 0 Å². The fraction of sp³-hybridized carbons (Fsp3) is 0.550. The SMILES string of the molecule is CC(=O)NC(Cc1ccc(OC(=O)C(C)(C)CC(C)(C)C)cc1)C(=O)O. The highest BCUT2D eigenvalue weighted by atomic mass is 16.5. The molecule has 1 atom stereocenters. The summed E-state index contributed by atoms with van der Waals surface area (Å²) in [4.78, 5) is 34.7. The van der Waals surface area contributed by atoms with Crippen LogP contribution in [-0.2, 0) is 20.8 Å². The molecule has 1 unspecified atom stereocenters. The number of hydrogen-bond acceptors (Lipinski definition) is 4. The molecule has 0 saturated carbocycles. The van der Waals surface area contributed by atoms with Crippen LogP contribution in [0.25, 0.3) is 0 Å². The Morgan fingerprint density at radius 3 is 2.04 bits per heavy atom. The van der Waals surface area contributed by atoms with Gasteiger partial charge in [-0.2, -0.15) is 0 Å². The molecule has 6 nitrogen and oxygen atoms in total. The zero-order valence-corrected chi connectivity index (χ0v) is 16.4. The minimum atomic E-state index is -1.10. The van der Waals surface area contributed by atoms with Crippen LogP contribution in [0.3, 0.4) is 0 Å². The quantitative estimate of drug-likeness (QED) is 0.573. The number of ether oxygens (including phenoxy) is 1. The Kier molecular flexibility index (Phi) is 6.95. The molecule has 0 fully saturated rings. The number of amides is 1. The van der Waals surface area contributed by atoms with Gasteiger partial charge in [0.05, 0.1) is 5.41 Å². The number of carboxylic acid groups (broad SMARTS) is 1. The number of carboxylic acids is 1. The van der Waals surface area contributed by atoms with E-state index >= 15 is 0 Å². The van der Waals surface area contributed by atoms with Crippen LogP contribution < -0.4 is 10.1 Å². The van der Waals surface area contributed by atoms with Gasteiger partial charge in [-0.05, 0) is 43.4 Å². The maximum Gasteiger partial charge on any atom is 0.326 e. The third kappa shape index (κ3) is 7.25. The van der Waals surface area contributed by atoms with E-state index in [0.717, 1.165) is 5.56 Å². The lowest BCUT2D eigenvalue weighted by atomic mass is 9.76. The lowest BCUT2D eigenvalue weighted by Crippen LogP contribution is -2.41. The predicted molar refractivity (Wildman–Crippen MR) is 98.9 cm³/mol. The molecule has 0 aliphatic heterocycles. The Morgan fingerprint density at radius 2 is 1.62 bits per heavy atom. The van der Waals surface area contributed by atoms with Gasteiger partial charge in [0.1, 0.15) is 11.8 Å². The average Bonchev–Trinajstić information content (AvgIpc) is 2.45. The van der Waals surface area contributed by atoms with Crippen molar-refractivity contribution in [1.29, 1.82) is 0 Å². The summed E-state index contributed by atoms with van der Waals surface area (Å²) in [6.07, 6.45) is 0.840. The van der Waals surface area contributed by atoms with Crippen molar-refractivity contribution in [3.8, 4) is 5.75 Å². The largest absolute Gasteiger partial charge is 0.480 e. The third-order valence-electron chi connectivity index (χ3n) is 3.77. The summed E-state index contributed by atoms with van der Waals surface area (Å²) >= 11 is 0. The van der Waals surface area contributed by atoms with Crippen molar-refractivity contribution >= 4 is 17.8 Å². The molecule has 1 aromatic carbocycles.